The summed E-state index contributed by atoms with van der Waals surface area (Å²) in [6.45, 7) is 6.62. The van der Waals surface area contributed by atoms with Crippen molar-refractivity contribution < 1.29 is 0 Å². The van der Waals surface area contributed by atoms with Gasteiger partial charge in [-0.15, -0.1) is 0 Å². The normalized spacial score (nSPS) is 12.9. The van der Waals surface area contributed by atoms with Gasteiger partial charge in [0, 0.05) is 0 Å². The van der Waals surface area contributed by atoms with Crippen molar-refractivity contribution in [1.29, 1.82) is 0 Å². The molecule has 102 valence electrons. The number of thiophene rings is 1. The molecule has 2 nitrogen and oxygen atoms in total. The van der Waals surface area contributed by atoms with E-state index in [0.29, 0.717) is 5.92 Å². The van der Waals surface area contributed by atoms with E-state index in [-0.39, 0.29) is 6.04 Å². The van der Waals surface area contributed by atoms with E-state index in [2.05, 4.69) is 61.2 Å². The molecule has 19 heavy (non-hydrogen) atoms. The Morgan fingerprint density at radius 1 is 1.26 bits per heavy atom. The zero-order valence-corrected chi connectivity index (χ0v) is 12.6. The van der Waals surface area contributed by atoms with Gasteiger partial charge in [-0.1, -0.05) is 38.1 Å². The van der Waals surface area contributed by atoms with Gasteiger partial charge in [0.05, 0.1) is 6.04 Å². The highest BCUT2D eigenvalue weighted by atomic mass is 32.1. The molecule has 0 aliphatic rings. The summed E-state index contributed by atoms with van der Waals surface area (Å²) in [4.78, 5) is 0. The summed E-state index contributed by atoms with van der Waals surface area (Å²) in [5.74, 6) is 6.44. The van der Waals surface area contributed by atoms with Crippen LogP contribution in [0, 0.1) is 12.8 Å². The molecule has 2 rings (SSSR count). The van der Waals surface area contributed by atoms with Crippen LogP contribution >= 0.6 is 11.3 Å². The van der Waals surface area contributed by atoms with Crippen molar-refractivity contribution in [3.05, 3.63) is 57.3 Å². The average Bonchev–Trinajstić information content (AvgIpc) is 2.77. The SMILES string of the molecule is Cc1cscc1C(NN)c1cccc(CC(C)C)c1. The van der Waals surface area contributed by atoms with Crippen molar-refractivity contribution in [2.75, 3.05) is 0 Å². The molecule has 0 saturated heterocycles. The lowest BCUT2D eigenvalue weighted by Crippen LogP contribution is -2.29. The molecule has 0 saturated carbocycles. The molecular weight excluding hydrogens is 252 g/mol. The Labute approximate surface area is 119 Å². The zero-order chi connectivity index (χ0) is 13.8. The monoisotopic (exact) mass is 274 g/mol. The molecule has 1 aromatic heterocycles. The van der Waals surface area contributed by atoms with Crippen LogP contribution in [-0.2, 0) is 6.42 Å². The average molecular weight is 274 g/mol. The van der Waals surface area contributed by atoms with Gasteiger partial charge in [0.2, 0.25) is 0 Å². The summed E-state index contributed by atoms with van der Waals surface area (Å²) < 4.78 is 0. The maximum atomic E-state index is 5.77. The van der Waals surface area contributed by atoms with Gasteiger partial charge in [-0.05, 0) is 52.3 Å². The van der Waals surface area contributed by atoms with Gasteiger partial charge in [0.25, 0.3) is 0 Å². The van der Waals surface area contributed by atoms with Crippen LogP contribution in [0.15, 0.2) is 35.0 Å². The fraction of sp³-hybridized carbons (Fsp3) is 0.375. The Morgan fingerprint density at radius 2 is 2.05 bits per heavy atom. The molecule has 0 radical (unpaired) electrons. The summed E-state index contributed by atoms with van der Waals surface area (Å²) in [7, 11) is 0. The minimum atomic E-state index is 0.0818. The van der Waals surface area contributed by atoms with E-state index in [1.807, 2.05) is 0 Å². The smallest absolute Gasteiger partial charge is 0.0720 e. The molecule has 0 aliphatic carbocycles. The quantitative estimate of drug-likeness (QED) is 0.643. The molecule has 3 heteroatoms. The number of aryl methyl sites for hydroxylation is 1. The Kier molecular flexibility index (Phi) is 4.75. The van der Waals surface area contributed by atoms with Crippen LogP contribution in [0.25, 0.3) is 0 Å². The molecular formula is C16H22N2S. The van der Waals surface area contributed by atoms with E-state index in [1.54, 1.807) is 11.3 Å². The number of hydrazine groups is 1. The van der Waals surface area contributed by atoms with E-state index >= 15 is 0 Å². The number of benzene rings is 1. The van der Waals surface area contributed by atoms with Crippen LogP contribution < -0.4 is 11.3 Å². The van der Waals surface area contributed by atoms with Crippen molar-refractivity contribution in [3.8, 4) is 0 Å². The van der Waals surface area contributed by atoms with Gasteiger partial charge in [-0.3, -0.25) is 5.84 Å². The Morgan fingerprint density at radius 3 is 2.63 bits per heavy atom. The van der Waals surface area contributed by atoms with Gasteiger partial charge in [-0.25, -0.2) is 5.43 Å². The first-order chi connectivity index (χ1) is 9.11. The molecule has 3 N–H and O–H groups in total. The molecule has 1 aromatic carbocycles. The van der Waals surface area contributed by atoms with Crippen LogP contribution in [0.1, 0.15) is 42.1 Å². The number of hydrogen-bond donors (Lipinski definition) is 2. The van der Waals surface area contributed by atoms with Crippen molar-refractivity contribution in [2.24, 2.45) is 11.8 Å². The summed E-state index contributed by atoms with van der Waals surface area (Å²) in [6, 6.07) is 8.81. The molecule has 0 aliphatic heterocycles. The molecule has 0 bridgehead atoms. The van der Waals surface area contributed by atoms with Gasteiger partial charge in [-0.2, -0.15) is 11.3 Å². The second-order valence-corrected chi connectivity index (χ2v) is 6.20. The van der Waals surface area contributed by atoms with E-state index in [1.165, 1.54) is 22.3 Å². The maximum absolute atomic E-state index is 5.77. The van der Waals surface area contributed by atoms with Gasteiger partial charge in [0.1, 0.15) is 0 Å². The topological polar surface area (TPSA) is 38.0 Å². The molecule has 0 amide bonds. The highest BCUT2D eigenvalue weighted by Crippen LogP contribution is 2.27. The van der Waals surface area contributed by atoms with Crippen molar-refractivity contribution in [2.45, 2.75) is 33.2 Å². The van der Waals surface area contributed by atoms with Crippen molar-refractivity contribution in [3.63, 3.8) is 0 Å². The molecule has 2 aromatic rings. The number of nitrogens with two attached hydrogens (primary N) is 1. The number of nitrogens with one attached hydrogen (secondary N) is 1. The van der Waals surface area contributed by atoms with E-state index in [4.69, 9.17) is 5.84 Å². The van der Waals surface area contributed by atoms with Crippen LogP contribution in [0.4, 0.5) is 0 Å². The van der Waals surface area contributed by atoms with Gasteiger partial charge >= 0.3 is 0 Å². The summed E-state index contributed by atoms with van der Waals surface area (Å²) in [6.07, 6.45) is 1.10. The van der Waals surface area contributed by atoms with Crippen LogP contribution in [0.3, 0.4) is 0 Å². The van der Waals surface area contributed by atoms with E-state index in [0.717, 1.165) is 6.42 Å². The predicted molar refractivity (Wildman–Crippen MR) is 83.2 cm³/mol. The minimum Gasteiger partial charge on any atom is -0.271 e. The van der Waals surface area contributed by atoms with Crippen LogP contribution in [0.2, 0.25) is 0 Å². The second kappa shape index (κ2) is 6.33. The third-order valence-electron chi connectivity index (χ3n) is 3.30. The predicted octanol–water partition coefficient (Wildman–Crippen LogP) is 3.81. The van der Waals surface area contributed by atoms with Gasteiger partial charge < -0.3 is 0 Å². The second-order valence-electron chi connectivity index (χ2n) is 5.45. The lowest BCUT2D eigenvalue weighted by Gasteiger charge is -2.18. The van der Waals surface area contributed by atoms with E-state index < -0.39 is 0 Å². The molecule has 0 fully saturated rings. The fourth-order valence-corrected chi connectivity index (χ4v) is 3.28. The maximum Gasteiger partial charge on any atom is 0.0720 e. The largest absolute Gasteiger partial charge is 0.271 e. The summed E-state index contributed by atoms with van der Waals surface area (Å²) in [5.41, 5.74) is 8.13. The first-order valence-corrected chi connectivity index (χ1v) is 7.63. The third kappa shape index (κ3) is 3.44. The highest BCUT2D eigenvalue weighted by Gasteiger charge is 2.15. The van der Waals surface area contributed by atoms with E-state index in [9.17, 15) is 0 Å². The fourth-order valence-electron chi connectivity index (χ4n) is 2.40. The van der Waals surface area contributed by atoms with Crippen molar-refractivity contribution in [1.82, 2.24) is 5.43 Å². The third-order valence-corrected chi connectivity index (χ3v) is 4.18. The number of hydrogen-bond acceptors (Lipinski definition) is 3. The molecule has 1 atom stereocenters. The Hall–Kier alpha value is -1.16. The molecule has 1 unspecified atom stereocenters. The van der Waals surface area contributed by atoms with Gasteiger partial charge in [0.15, 0.2) is 0 Å². The van der Waals surface area contributed by atoms with Crippen LogP contribution in [0.5, 0.6) is 0 Å². The van der Waals surface area contributed by atoms with Crippen LogP contribution in [-0.4, -0.2) is 0 Å². The number of rotatable bonds is 5. The first kappa shape index (κ1) is 14.3. The highest BCUT2D eigenvalue weighted by molar-refractivity contribution is 7.08. The van der Waals surface area contributed by atoms with Crippen molar-refractivity contribution >= 4 is 11.3 Å². The lowest BCUT2D eigenvalue weighted by atomic mass is 9.95. The standard InChI is InChI=1S/C16H22N2S/c1-11(2)7-13-5-4-6-14(8-13)16(18-17)15-10-19-9-12(15)3/h4-6,8-11,16,18H,7,17H2,1-3H3. The minimum absolute atomic E-state index is 0.0818. The molecule has 1 heterocycles. The molecule has 0 spiro atoms. The Bertz CT molecular complexity index is 531. The Balaban J connectivity index is 2.31. The first-order valence-electron chi connectivity index (χ1n) is 6.69. The summed E-state index contributed by atoms with van der Waals surface area (Å²) in [5, 5.41) is 4.34. The summed E-state index contributed by atoms with van der Waals surface area (Å²) >= 11 is 1.72. The zero-order valence-electron chi connectivity index (χ0n) is 11.8. The lowest BCUT2D eigenvalue weighted by molar-refractivity contribution is 0.627.